The van der Waals surface area contributed by atoms with Crippen molar-refractivity contribution in [3.8, 4) is 11.5 Å². The lowest BCUT2D eigenvalue weighted by atomic mass is 9.83. The minimum Gasteiger partial charge on any atom is -0.481 e. The quantitative estimate of drug-likeness (QED) is 0.316. The lowest BCUT2D eigenvalue weighted by molar-refractivity contribution is -0.144. The summed E-state index contributed by atoms with van der Waals surface area (Å²) in [6.07, 6.45) is 4.25. The number of aromatic nitrogens is 1. The fraction of sp³-hybridized carbons (Fsp3) is 0.552. The number of likely N-dealkylation sites (tertiary alicyclic amines) is 1. The number of aliphatic hydroxyl groups is 2. The number of hydrogen-bond acceptors (Lipinski definition) is 8. The number of aryl methyl sites for hydroxylation is 1. The van der Waals surface area contributed by atoms with Gasteiger partial charge in [0.25, 0.3) is 0 Å². The molecule has 0 saturated carbocycles. The topological polar surface area (TPSA) is 142 Å². The molecule has 4 rings (SSSR count). The van der Waals surface area contributed by atoms with Crippen molar-refractivity contribution in [3.05, 3.63) is 58.0 Å². The van der Waals surface area contributed by atoms with E-state index in [2.05, 4.69) is 0 Å². The Bertz CT molecular complexity index is 1220. The fourth-order valence-electron chi connectivity index (χ4n) is 5.79. The molecule has 1 aromatic heterocycles. The average Bonchev–Trinajstić information content (AvgIpc) is 3.57. The van der Waals surface area contributed by atoms with Crippen LogP contribution in [0.3, 0.4) is 0 Å². The van der Waals surface area contributed by atoms with Gasteiger partial charge in [-0.25, -0.2) is 0 Å². The van der Waals surface area contributed by atoms with Crippen LogP contribution >= 0.6 is 0 Å². The molecule has 0 radical (unpaired) electrons. The van der Waals surface area contributed by atoms with Gasteiger partial charge in [-0.1, -0.05) is 19.4 Å². The van der Waals surface area contributed by atoms with Crippen molar-refractivity contribution in [2.24, 2.45) is 5.92 Å². The van der Waals surface area contributed by atoms with Gasteiger partial charge < -0.3 is 34.3 Å². The number of unbranched alkanes of at least 4 members (excludes halogenated alkanes) is 1. The van der Waals surface area contributed by atoms with E-state index in [0.717, 1.165) is 12.8 Å². The third-order valence-electron chi connectivity index (χ3n) is 7.83. The Morgan fingerprint density at radius 1 is 1.12 bits per heavy atom. The number of pyridine rings is 1. The Hall–Kier alpha value is -3.41. The highest BCUT2D eigenvalue weighted by atomic mass is 16.7. The first-order valence-electron chi connectivity index (χ1n) is 13.9. The maximum atomic E-state index is 13.5. The number of carbonyl (C=O) groups is 2. The molecule has 2 aliphatic heterocycles. The van der Waals surface area contributed by atoms with Crippen LogP contribution in [0.2, 0.25) is 0 Å². The van der Waals surface area contributed by atoms with Gasteiger partial charge in [-0.3, -0.25) is 19.3 Å². The van der Waals surface area contributed by atoms with Crippen LogP contribution in [0.15, 0.2) is 41.3 Å². The normalized spacial score (nSPS) is 20.1. The summed E-state index contributed by atoms with van der Waals surface area (Å²) in [5, 5.41) is 29.7. The van der Waals surface area contributed by atoms with Crippen LogP contribution < -0.4 is 15.0 Å². The summed E-state index contributed by atoms with van der Waals surface area (Å²) in [6.45, 7) is 3.41. The lowest BCUT2D eigenvalue weighted by Gasteiger charge is -2.30. The second kappa shape index (κ2) is 13.8. The highest BCUT2D eigenvalue weighted by Crippen LogP contribution is 2.44. The molecule has 3 heterocycles. The summed E-state index contributed by atoms with van der Waals surface area (Å²) in [5.74, 6) is -1.53. The summed E-state index contributed by atoms with van der Waals surface area (Å²) < 4.78 is 12.6. The number of carbonyl (C=O) groups excluding carboxylic acids is 1. The number of fused-ring (bicyclic) bond motifs is 1. The number of ether oxygens (including phenoxy) is 2. The monoisotopic (exact) mass is 557 g/mol. The predicted octanol–water partition coefficient (Wildman–Crippen LogP) is 1.64. The molecule has 218 valence electrons. The molecule has 3 N–H and O–H groups in total. The molecule has 11 nitrogen and oxygen atoms in total. The van der Waals surface area contributed by atoms with Gasteiger partial charge in [-0.15, -0.1) is 0 Å². The van der Waals surface area contributed by atoms with Gasteiger partial charge in [0.2, 0.25) is 18.3 Å². The van der Waals surface area contributed by atoms with Gasteiger partial charge in [-0.2, -0.15) is 0 Å². The molecule has 3 atom stereocenters. The number of hydrogen-bond donors (Lipinski definition) is 3. The van der Waals surface area contributed by atoms with E-state index in [4.69, 9.17) is 9.47 Å². The molecule has 0 aliphatic carbocycles. The zero-order valence-corrected chi connectivity index (χ0v) is 22.9. The summed E-state index contributed by atoms with van der Waals surface area (Å²) in [7, 11) is 0. The molecule has 1 fully saturated rings. The van der Waals surface area contributed by atoms with Crippen molar-refractivity contribution in [1.82, 2.24) is 14.4 Å². The van der Waals surface area contributed by atoms with Crippen molar-refractivity contribution in [2.45, 2.75) is 57.7 Å². The van der Waals surface area contributed by atoms with Gasteiger partial charge >= 0.3 is 5.97 Å². The molecule has 0 bridgehead atoms. The van der Waals surface area contributed by atoms with Gasteiger partial charge in [0.05, 0.1) is 19.1 Å². The first-order chi connectivity index (χ1) is 19.4. The van der Waals surface area contributed by atoms with Crippen LogP contribution in [-0.2, 0) is 22.7 Å². The Morgan fingerprint density at radius 2 is 1.93 bits per heavy atom. The number of carboxylic acid groups (broad SMARTS) is 1. The SMILES string of the molecule is CCCCN(CCCO)C(=O)CN1C[C@H](c2cc(CO)c3c(c2)OCO3)[C@@H](C(=O)O)[C@@H]1CCn1ccccc1=O. The van der Waals surface area contributed by atoms with Gasteiger partial charge in [0.1, 0.15) is 0 Å². The van der Waals surface area contributed by atoms with Crippen molar-refractivity contribution >= 4 is 11.9 Å². The molecule has 0 unspecified atom stereocenters. The Labute approximate surface area is 233 Å². The maximum Gasteiger partial charge on any atom is 0.308 e. The van der Waals surface area contributed by atoms with Crippen LogP contribution in [0.25, 0.3) is 0 Å². The Morgan fingerprint density at radius 3 is 2.62 bits per heavy atom. The number of rotatable bonds is 14. The van der Waals surface area contributed by atoms with Gasteiger partial charge in [-0.05, 0) is 43.0 Å². The van der Waals surface area contributed by atoms with Crippen molar-refractivity contribution in [2.75, 3.05) is 39.6 Å². The molecule has 40 heavy (non-hydrogen) atoms. The van der Waals surface area contributed by atoms with Crippen LogP contribution in [0, 0.1) is 5.92 Å². The molecule has 0 spiro atoms. The molecule has 2 aromatic rings. The minimum atomic E-state index is -0.989. The van der Waals surface area contributed by atoms with Gasteiger partial charge in [0.15, 0.2) is 11.5 Å². The average molecular weight is 558 g/mol. The maximum absolute atomic E-state index is 13.5. The number of amides is 1. The number of aliphatic hydroxyl groups excluding tert-OH is 2. The Kier molecular flexibility index (Phi) is 10.2. The lowest BCUT2D eigenvalue weighted by Crippen LogP contribution is -2.45. The summed E-state index contributed by atoms with van der Waals surface area (Å²) in [5.41, 5.74) is 1.04. The standard InChI is InChI=1S/C29H39N3O8/c1-2-3-9-30(11-6-13-33)26(36)17-32-16-22(20-14-21(18-34)28-24(15-20)39-19-40-28)27(29(37)38)23(32)8-12-31-10-5-4-7-25(31)35/h4-5,7,10,14-15,22-23,27,33-34H,2-3,6,8-9,11-13,16-19H2,1H3,(H,37,38)/t22-,23+,27-/m1/s1. The zero-order chi connectivity index (χ0) is 28.6. The summed E-state index contributed by atoms with van der Waals surface area (Å²) >= 11 is 0. The van der Waals surface area contributed by atoms with E-state index in [1.54, 1.807) is 39.9 Å². The van der Waals surface area contributed by atoms with Gasteiger partial charge in [0, 0.05) is 62.6 Å². The second-order valence-electron chi connectivity index (χ2n) is 10.4. The molecule has 2 aliphatic rings. The number of nitrogens with zero attached hydrogens (tertiary/aromatic N) is 3. The highest BCUT2D eigenvalue weighted by Gasteiger charge is 2.47. The number of benzene rings is 1. The Balaban J connectivity index is 1.65. The van der Waals surface area contributed by atoms with E-state index in [0.29, 0.717) is 61.6 Å². The van der Waals surface area contributed by atoms with Crippen LogP contribution in [0.4, 0.5) is 0 Å². The van der Waals surface area contributed by atoms with Crippen molar-refractivity contribution < 1.29 is 34.4 Å². The zero-order valence-electron chi connectivity index (χ0n) is 22.9. The summed E-state index contributed by atoms with van der Waals surface area (Å²) in [6, 6.07) is 7.87. The van der Waals surface area contributed by atoms with E-state index < -0.39 is 23.8 Å². The van der Waals surface area contributed by atoms with Crippen LogP contribution in [0.1, 0.15) is 49.7 Å². The van der Waals surface area contributed by atoms with E-state index in [1.165, 1.54) is 6.07 Å². The number of carboxylic acids is 1. The smallest absolute Gasteiger partial charge is 0.308 e. The van der Waals surface area contributed by atoms with E-state index in [9.17, 15) is 29.7 Å². The third-order valence-corrected chi connectivity index (χ3v) is 7.83. The second-order valence-corrected chi connectivity index (χ2v) is 10.4. The minimum absolute atomic E-state index is 0.0193. The first-order valence-corrected chi connectivity index (χ1v) is 13.9. The molecule has 1 aromatic carbocycles. The molecule has 1 amide bonds. The van der Waals surface area contributed by atoms with Crippen molar-refractivity contribution in [1.29, 1.82) is 0 Å². The first kappa shape index (κ1) is 29.6. The fourth-order valence-corrected chi connectivity index (χ4v) is 5.79. The number of aliphatic carboxylic acids is 1. The third kappa shape index (κ3) is 6.65. The van der Waals surface area contributed by atoms with Crippen LogP contribution in [0.5, 0.6) is 11.5 Å². The highest BCUT2D eigenvalue weighted by molar-refractivity contribution is 5.79. The predicted molar refractivity (Wildman–Crippen MR) is 146 cm³/mol. The summed E-state index contributed by atoms with van der Waals surface area (Å²) in [4.78, 5) is 42.3. The van der Waals surface area contributed by atoms with Crippen molar-refractivity contribution in [3.63, 3.8) is 0 Å². The van der Waals surface area contributed by atoms with E-state index in [1.807, 2.05) is 11.8 Å². The molecular weight excluding hydrogens is 518 g/mol. The van der Waals surface area contributed by atoms with Crippen LogP contribution in [-0.4, -0.2) is 87.2 Å². The molecule has 1 saturated heterocycles. The van der Waals surface area contributed by atoms with E-state index in [-0.39, 0.29) is 38.0 Å². The molecular formula is C29H39N3O8. The largest absolute Gasteiger partial charge is 0.481 e. The molecule has 11 heteroatoms. The van der Waals surface area contributed by atoms with E-state index >= 15 is 0 Å².